The average Bonchev–Trinajstić information content (AvgIpc) is 3.07. The molecule has 1 N–H and O–H groups in total. The van der Waals surface area contributed by atoms with Crippen LogP contribution in [0.3, 0.4) is 0 Å². The van der Waals surface area contributed by atoms with Crippen LogP contribution < -0.4 is 5.32 Å². The summed E-state index contributed by atoms with van der Waals surface area (Å²) in [5.74, 6) is -1.05. The second-order valence-corrected chi connectivity index (χ2v) is 10.0. The van der Waals surface area contributed by atoms with E-state index in [1.807, 2.05) is 0 Å². The van der Waals surface area contributed by atoms with Crippen molar-refractivity contribution in [1.29, 1.82) is 0 Å². The van der Waals surface area contributed by atoms with E-state index in [1.165, 1.54) is 11.0 Å². The third kappa shape index (κ3) is 4.43. The first-order valence-corrected chi connectivity index (χ1v) is 11.2. The Morgan fingerprint density at radius 3 is 2.78 bits per heavy atom. The number of amides is 2. The molecule has 2 amide bonds. The van der Waals surface area contributed by atoms with Gasteiger partial charge in [0, 0.05) is 10.4 Å². The second kappa shape index (κ2) is 7.75. The van der Waals surface area contributed by atoms with Crippen molar-refractivity contribution in [3.63, 3.8) is 0 Å². The maximum absolute atomic E-state index is 12.7. The van der Waals surface area contributed by atoms with Crippen LogP contribution in [0.2, 0.25) is 5.02 Å². The zero-order chi connectivity index (χ0) is 19.8. The lowest BCUT2D eigenvalue weighted by Gasteiger charge is -2.23. The van der Waals surface area contributed by atoms with Crippen molar-refractivity contribution < 1.29 is 18.0 Å². The van der Waals surface area contributed by atoms with E-state index in [0.29, 0.717) is 15.5 Å². The number of carbonyl (C=O) groups is 2. The van der Waals surface area contributed by atoms with Crippen LogP contribution >= 0.6 is 35.6 Å². The molecule has 2 heterocycles. The van der Waals surface area contributed by atoms with E-state index < -0.39 is 27.8 Å². The number of thioether (sulfide) groups is 1. The molecule has 2 aliphatic rings. The number of hydrogen-bond acceptors (Lipinski definition) is 6. The topological polar surface area (TPSA) is 83.6 Å². The van der Waals surface area contributed by atoms with Crippen molar-refractivity contribution >= 4 is 67.6 Å². The van der Waals surface area contributed by atoms with Gasteiger partial charge in [0.25, 0.3) is 5.91 Å². The maximum atomic E-state index is 12.7. The van der Waals surface area contributed by atoms with E-state index in [9.17, 15) is 18.0 Å². The Kier molecular flexibility index (Phi) is 5.76. The molecule has 0 aliphatic carbocycles. The number of carbonyl (C=O) groups excluding carboxylic acids is 2. The Morgan fingerprint density at radius 2 is 2.15 bits per heavy atom. The van der Waals surface area contributed by atoms with Gasteiger partial charge in [0.05, 0.1) is 16.7 Å². The molecule has 1 saturated heterocycles. The Hall–Kier alpha value is -1.68. The quantitative estimate of drug-likeness (QED) is 0.569. The molecule has 2 aliphatic heterocycles. The third-order valence-corrected chi connectivity index (χ3v) is 7.11. The summed E-state index contributed by atoms with van der Waals surface area (Å²) in [4.78, 5) is 26.8. The highest BCUT2D eigenvalue weighted by atomic mass is 35.5. The highest BCUT2D eigenvalue weighted by Crippen LogP contribution is 2.35. The van der Waals surface area contributed by atoms with Crippen LogP contribution in [0.1, 0.15) is 12.5 Å². The van der Waals surface area contributed by atoms with Gasteiger partial charge in [-0.2, -0.15) is 0 Å². The van der Waals surface area contributed by atoms with Crippen LogP contribution in [0.15, 0.2) is 40.7 Å². The predicted octanol–water partition coefficient (Wildman–Crippen LogP) is 2.36. The molecule has 0 spiro atoms. The molecule has 1 aromatic rings. The Morgan fingerprint density at radius 1 is 1.44 bits per heavy atom. The highest BCUT2D eigenvalue weighted by Gasteiger charge is 2.39. The molecule has 27 heavy (non-hydrogen) atoms. The van der Waals surface area contributed by atoms with Gasteiger partial charge in [-0.05, 0) is 30.7 Å². The molecule has 6 nitrogen and oxygen atoms in total. The molecule has 1 aromatic carbocycles. The lowest BCUT2D eigenvalue weighted by molar-refractivity contribution is -0.132. The van der Waals surface area contributed by atoms with Crippen molar-refractivity contribution in [2.45, 2.75) is 19.0 Å². The van der Waals surface area contributed by atoms with E-state index in [0.717, 1.165) is 17.2 Å². The number of halogens is 1. The molecule has 142 valence electrons. The molecule has 0 unspecified atom stereocenters. The molecule has 0 bridgehead atoms. The van der Waals surface area contributed by atoms with E-state index in [4.69, 9.17) is 23.8 Å². The smallest absolute Gasteiger partial charge is 0.266 e. The number of sulfone groups is 1. The highest BCUT2D eigenvalue weighted by molar-refractivity contribution is 8.26. The minimum absolute atomic E-state index is 0.184. The van der Waals surface area contributed by atoms with Gasteiger partial charge in [-0.1, -0.05) is 53.8 Å². The van der Waals surface area contributed by atoms with Crippen molar-refractivity contribution in [2.24, 2.45) is 0 Å². The van der Waals surface area contributed by atoms with Crippen molar-refractivity contribution in [1.82, 2.24) is 10.2 Å². The Bertz CT molecular complexity index is 988. The van der Waals surface area contributed by atoms with Crippen LogP contribution in [-0.4, -0.2) is 47.3 Å². The van der Waals surface area contributed by atoms with Gasteiger partial charge in [-0.15, -0.1) is 0 Å². The zero-order valence-electron chi connectivity index (χ0n) is 14.1. The molecule has 0 aromatic heterocycles. The van der Waals surface area contributed by atoms with E-state index >= 15 is 0 Å². The first-order chi connectivity index (χ1) is 12.7. The summed E-state index contributed by atoms with van der Waals surface area (Å²) in [5, 5.41) is 4.20. The minimum Gasteiger partial charge on any atom is -0.347 e. The maximum Gasteiger partial charge on any atom is 0.266 e. The minimum atomic E-state index is -3.28. The van der Waals surface area contributed by atoms with Gasteiger partial charge in [0.15, 0.2) is 9.84 Å². The zero-order valence-corrected chi connectivity index (χ0v) is 17.3. The third-order valence-electron chi connectivity index (χ3n) is 4.04. The van der Waals surface area contributed by atoms with Gasteiger partial charge in [-0.25, -0.2) is 8.42 Å². The summed E-state index contributed by atoms with van der Waals surface area (Å²) in [6.45, 7) is 1.55. The normalized spacial score (nSPS) is 23.9. The summed E-state index contributed by atoms with van der Waals surface area (Å²) in [6.07, 6.45) is 3.06. The first-order valence-electron chi connectivity index (χ1n) is 7.91. The van der Waals surface area contributed by atoms with Crippen molar-refractivity contribution in [3.05, 3.63) is 51.2 Å². The fourth-order valence-electron chi connectivity index (χ4n) is 2.63. The monoisotopic (exact) mass is 442 g/mol. The second-order valence-electron chi connectivity index (χ2n) is 6.02. The van der Waals surface area contributed by atoms with E-state index in [1.54, 1.807) is 37.3 Å². The van der Waals surface area contributed by atoms with Crippen LogP contribution in [0.25, 0.3) is 6.08 Å². The molecule has 10 heteroatoms. The van der Waals surface area contributed by atoms with Gasteiger partial charge in [0.1, 0.15) is 10.4 Å². The van der Waals surface area contributed by atoms with E-state index in [2.05, 4.69) is 5.32 Å². The van der Waals surface area contributed by atoms with Crippen LogP contribution in [-0.2, 0) is 19.4 Å². The van der Waals surface area contributed by atoms with Gasteiger partial charge >= 0.3 is 0 Å². The number of hydrogen-bond donors (Lipinski definition) is 1. The lowest BCUT2D eigenvalue weighted by atomic mass is 10.2. The standard InChI is InChI=1S/C17H15ClN2O4S3/c1-10(15(21)19-12-6-7-27(23,24)9-12)20-16(22)14(26-17(20)25)8-11-4-2-3-5-13(11)18/h2-8,10,12H,9H2,1H3,(H,19,21)/b14-8+/t10-,12-/m0/s1. The summed E-state index contributed by atoms with van der Waals surface area (Å²) in [5.41, 5.74) is 0.679. The molecular formula is C17H15ClN2O4S3. The van der Waals surface area contributed by atoms with E-state index in [-0.39, 0.29) is 16.0 Å². The van der Waals surface area contributed by atoms with Gasteiger partial charge in [-0.3, -0.25) is 14.5 Å². The summed E-state index contributed by atoms with van der Waals surface area (Å²) in [7, 11) is -3.28. The number of rotatable bonds is 4. The molecule has 1 fully saturated rings. The number of nitrogens with zero attached hydrogens (tertiary/aromatic N) is 1. The van der Waals surface area contributed by atoms with Crippen LogP contribution in [0.4, 0.5) is 0 Å². The van der Waals surface area contributed by atoms with Crippen molar-refractivity contribution in [2.75, 3.05) is 5.75 Å². The first kappa shape index (κ1) is 20.1. The molecule has 2 atom stereocenters. The van der Waals surface area contributed by atoms with Crippen molar-refractivity contribution in [3.8, 4) is 0 Å². The van der Waals surface area contributed by atoms with Crippen LogP contribution in [0.5, 0.6) is 0 Å². The predicted molar refractivity (Wildman–Crippen MR) is 111 cm³/mol. The van der Waals surface area contributed by atoms with Gasteiger partial charge < -0.3 is 5.32 Å². The Balaban J connectivity index is 1.74. The molecule has 3 rings (SSSR count). The molecule has 0 radical (unpaired) electrons. The number of thiocarbonyl (C=S) groups is 1. The molecular weight excluding hydrogens is 428 g/mol. The largest absolute Gasteiger partial charge is 0.347 e. The summed E-state index contributed by atoms with van der Waals surface area (Å²) >= 11 is 12.5. The SMILES string of the molecule is C[C@@H](C(=O)N[C@H]1C=CS(=O)(=O)C1)N1C(=O)/C(=C\c2ccccc2Cl)SC1=S. The fourth-order valence-corrected chi connectivity index (χ4v) is 5.47. The van der Waals surface area contributed by atoms with Gasteiger partial charge in [0.2, 0.25) is 5.91 Å². The lowest BCUT2D eigenvalue weighted by Crippen LogP contribution is -2.49. The fraction of sp³-hybridized carbons (Fsp3) is 0.235. The number of benzene rings is 1. The average molecular weight is 443 g/mol. The number of nitrogens with one attached hydrogen (secondary N) is 1. The molecule has 0 saturated carbocycles. The summed E-state index contributed by atoms with van der Waals surface area (Å²) in [6, 6.07) is 5.60. The van der Waals surface area contributed by atoms with Crippen LogP contribution in [0, 0.1) is 0 Å². The Labute approximate surface area is 171 Å². The summed E-state index contributed by atoms with van der Waals surface area (Å²) < 4.78 is 23.2.